The molecule has 0 aliphatic carbocycles. The number of Topliss-reactive ketones (excluding diaryl/α,β-unsaturated/α-hetero) is 1. The second-order valence-electron chi connectivity index (χ2n) is 5.81. The maximum Gasteiger partial charge on any atom is 0.344 e. The average molecular weight is 365 g/mol. The summed E-state index contributed by atoms with van der Waals surface area (Å²) >= 11 is 0. The molecule has 3 aromatic rings. The lowest BCUT2D eigenvalue weighted by atomic mass is 10.1. The molecule has 27 heavy (non-hydrogen) atoms. The number of hydrogen-bond donors (Lipinski definition) is 1. The lowest BCUT2D eigenvalue weighted by Crippen LogP contribution is -2.11. The molecule has 3 rings (SSSR count). The Morgan fingerprint density at radius 3 is 2.41 bits per heavy atom. The molecular weight excluding hydrogens is 346 g/mol. The lowest BCUT2D eigenvalue weighted by Gasteiger charge is -2.06. The Kier molecular flexibility index (Phi) is 5.30. The summed E-state index contributed by atoms with van der Waals surface area (Å²) in [7, 11) is 0. The Bertz CT molecular complexity index is 963. The predicted octanol–water partition coefficient (Wildman–Crippen LogP) is 4.17. The van der Waals surface area contributed by atoms with Crippen LogP contribution in [0.5, 0.6) is 0 Å². The molecule has 0 fully saturated rings. The number of ether oxygens (including phenoxy) is 1. The Labute approximate surface area is 156 Å². The van der Waals surface area contributed by atoms with Gasteiger partial charge in [0.15, 0.2) is 11.6 Å². The minimum Gasteiger partial charge on any atom is -0.462 e. The number of esters is 1. The van der Waals surface area contributed by atoms with Crippen molar-refractivity contribution < 1.29 is 18.7 Å². The molecule has 7 heteroatoms. The van der Waals surface area contributed by atoms with Gasteiger partial charge in [-0.3, -0.25) is 4.79 Å². The van der Waals surface area contributed by atoms with Crippen molar-refractivity contribution in [1.29, 1.82) is 0 Å². The zero-order chi connectivity index (χ0) is 19.4. The second kappa shape index (κ2) is 7.82. The Morgan fingerprint density at radius 1 is 1.07 bits per heavy atom. The average Bonchev–Trinajstić information content (AvgIpc) is 2.99. The molecule has 0 bridgehead atoms. The molecule has 0 saturated carbocycles. The van der Waals surface area contributed by atoms with Crippen LogP contribution in [0, 0.1) is 6.92 Å². The van der Waals surface area contributed by atoms with Crippen LogP contribution in [0.15, 0.2) is 46.9 Å². The summed E-state index contributed by atoms with van der Waals surface area (Å²) in [6.45, 7) is 4.87. The normalized spacial score (nSPS) is 10.5. The molecular formula is C20H19N3O4. The van der Waals surface area contributed by atoms with Gasteiger partial charge in [0.1, 0.15) is 11.3 Å². The molecule has 0 aliphatic heterocycles. The number of furan rings is 1. The Hall–Kier alpha value is -3.48. The van der Waals surface area contributed by atoms with Crippen LogP contribution < -0.4 is 5.32 Å². The summed E-state index contributed by atoms with van der Waals surface area (Å²) in [5.74, 6) is -0.0855. The van der Waals surface area contributed by atoms with E-state index in [0.29, 0.717) is 17.3 Å². The van der Waals surface area contributed by atoms with Gasteiger partial charge >= 0.3 is 5.97 Å². The van der Waals surface area contributed by atoms with Crippen molar-refractivity contribution in [3.8, 4) is 11.3 Å². The number of carbonyl (C=O) groups excluding carboxylic acids is 2. The van der Waals surface area contributed by atoms with Crippen LogP contribution in [0.25, 0.3) is 11.3 Å². The zero-order valence-electron chi connectivity index (χ0n) is 15.3. The number of benzene rings is 1. The number of nitrogens with one attached hydrogen (secondary N) is 1. The van der Waals surface area contributed by atoms with Crippen molar-refractivity contribution in [2.75, 3.05) is 11.9 Å². The summed E-state index contributed by atoms with van der Waals surface area (Å²) in [4.78, 5) is 24.3. The van der Waals surface area contributed by atoms with Crippen LogP contribution in [-0.4, -0.2) is 28.6 Å². The van der Waals surface area contributed by atoms with E-state index < -0.39 is 5.97 Å². The van der Waals surface area contributed by atoms with E-state index in [4.69, 9.17) is 9.15 Å². The first-order valence-electron chi connectivity index (χ1n) is 8.48. The van der Waals surface area contributed by atoms with Gasteiger partial charge in [0.2, 0.25) is 5.88 Å². The summed E-state index contributed by atoms with van der Waals surface area (Å²) in [5.41, 5.74) is 1.92. The fraction of sp³-hybridized carbons (Fsp3) is 0.200. The van der Waals surface area contributed by atoms with Crippen molar-refractivity contribution in [3.63, 3.8) is 0 Å². The van der Waals surface area contributed by atoms with Gasteiger partial charge in [0, 0.05) is 5.56 Å². The lowest BCUT2D eigenvalue weighted by molar-refractivity contribution is 0.0524. The highest BCUT2D eigenvalue weighted by molar-refractivity contribution is 6.09. The van der Waals surface area contributed by atoms with Crippen molar-refractivity contribution in [1.82, 2.24) is 10.2 Å². The summed E-state index contributed by atoms with van der Waals surface area (Å²) in [5, 5.41) is 11.2. The van der Waals surface area contributed by atoms with E-state index in [1.54, 1.807) is 26.0 Å². The van der Waals surface area contributed by atoms with E-state index in [-0.39, 0.29) is 29.4 Å². The van der Waals surface area contributed by atoms with Crippen molar-refractivity contribution in [2.24, 2.45) is 0 Å². The molecule has 2 heterocycles. The van der Waals surface area contributed by atoms with E-state index in [1.807, 2.05) is 30.3 Å². The molecule has 0 saturated heterocycles. The molecule has 138 valence electrons. The van der Waals surface area contributed by atoms with Crippen LogP contribution in [-0.2, 0) is 4.74 Å². The smallest absolute Gasteiger partial charge is 0.344 e. The summed E-state index contributed by atoms with van der Waals surface area (Å²) in [6.07, 6.45) is 0. The number of anilines is 2. The second-order valence-corrected chi connectivity index (χ2v) is 5.81. The van der Waals surface area contributed by atoms with Crippen LogP contribution in [0.1, 0.15) is 40.3 Å². The first-order chi connectivity index (χ1) is 13.0. The van der Waals surface area contributed by atoms with Crippen molar-refractivity contribution >= 4 is 23.5 Å². The summed E-state index contributed by atoms with van der Waals surface area (Å²) in [6, 6.07) is 13.2. The standard InChI is InChI=1S/C20H19N3O4/c1-4-26-20(25)18-17(12(2)24)13(3)27-19(18)21-16-11-10-15(22-23-16)14-8-6-5-7-9-14/h5-11H,4H2,1-3H3,(H,21,23). The topological polar surface area (TPSA) is 94.3 Å². The molecule has 2 aromatic heterocycles. The van der Waals surface area contributed by atoms with E-state index in [0.717, 1.165) is 5.56 Å². The highest BCUT2D eigenvalue weighted by Gasteiger charge is 2.28. The SMILES string of the molecule is CCOC(=O)c1c(Nc2ccc(-c3ccccc3)nn2)oc(C)c1C(C)=O. The van der Waals surface area contributed by atoms with Gasteiger partial charge in [0.05, 0.1) is 17.9 Å². The Morgan fingerprint density at radius 2 is 1.81 bits per heavy atom. The fourth-order valence-corrected chi connectivity index (χ4v) is 2.73. The quantitative estimate of drug-likeness (QED) is 0.517. The predicted molar refractivity (Wildman–Crippen MR) is 100 cm³/mol. The van der Waals surface area contributed by atoms with Gasteiger partial charge in [-0.2, -0.15) is 0 Å². The molecule has 0 radical (unpaired) electrons. The van der Waals surface area contributed by atoms with Gasteiger partial charge in [-0.25, -0.2) is 4.79 Å². The number of rotatable bonds is 6. The van der Waals surface area contributed by atoms with Crippen molar-refractivity contribution in [2.45, 2.75) is 20.8 Å². The summed E-state index contributed by atoms with van der Waals surface area (Å²) < 4.78 is 10.7. The number of aromatic nitrogens is 2. The largest absolute Gasteiger partial charge is 0.462 e. The zero-order valence-corrected chi connectivity index (χ0v) is 15.3. The molecule has 0 atom stereocenters. The molecule has 1 N–H and O–H groups in total. The fourth-order valence-electron chi connectivity index (χ4n) is 2.73. The van der Waals surface area contributed by atoms with Gasteiger partial charge in [-0.05, 0) is 32.9 Å². The van der Waals surface area contributed by atoms with E-state index in [1.165, 1.54) is 6.92 Å². The maximum absolute atomic E-state index is 12.3. The van der Waals surface area contributed by atoms with Gasteiger partial charge in [0.25, 0.3) is 0 Å². The van der Waals surface area contributed by atoms with Crippen LogP contribution in [0.4, 0.5) is 11.7 Å². The number of aryl methyl sites for hydroxylation is 1. The molecule has 0 spiro atoms. The number of nitrogens with zero attached hydrogens (tertiary/aromatic N) is 2. The third-order valence-electron chi connectivity index (χ3n) is 3.89. The number of ketones is 1. The molecule has 7 nitrogen and oxygen atoms in total. The van der Waals surface area contributed by atoms with E-state index in [2.05, 4.69) is 15.5 Å². The van der Waals surface area contributed by atoms with E-state index >= 15 is 0 Å². The number of carbonyl (C=O) groups is 2. The number of hydrogen-bond acceptors (Lipinski definition) is 7. The van der Waals surface area contributed by atoms with E-state index in [9.17, 15) is 9.59 Å². The molecule has 0 unspecified atom stereocenters. The molecule has 0 aliphatic rings. The minimum absolute atomic E-state index is 0.0655. The van der Waals surface area contributed by atoms with Gasteiger partial charge < -0.3 is 14.5 Å². The highest BCUT2D eigenvalue weighted by atomic mass is 16.5. The molecule has 0 amide bonds. The van der Waals surface area contributed by atoms with Crippen LogP contribution >= 0.6 is 0 Å². The first-order valence-corrected chi connectivity index (χ1v) is 8.48. The minimum atomic E-state index is -0.629. The third kappa shape index (κ3) is 3.87. The van der Waals surface area contributed by atoms with Gasteiger partial charge in [-0.15, -0.1) is 10.2 Å². The maximum atomic E-state index is 12.3. The first kappa shape index (κ1) is 18.3. The monoisotopic (exact) mass is 365 g/mol. The van der Waals surface area contributed by atoms with Crippen LogP contribution in [0.2, 0.25) is 0 Å². The van der Waals surface area contributed by atoms with Crippen molar-refractivity contribution in [3.05, 3.63) is 59.4 Å². The van der Waals surface area contributed by atoms with Gasteiger partial charge in [-0.1, -0.05) is 30.3 Å². The van der Waals surface area contributed by atoms with Crippen LogP contribution in [0.3, 0.4) is 0 Å². The third-order valence-corrected chi connectivity index (χ3v) is 3.89. The Balaban J connectivity index is 1.92. The molecule has 1 aromatic carbocycles. The highest BCUT2D eigenvalue weighted by Crippen LogP contribution is 2.30.